The summed E-state index contributed by atoms with van der Waals surface area (Å²) in [5.74, 6) is -0.578. The van der Waals surface area contributed by atoms with Crippen LogP contribution in [0.1, 0.15) is 17.0 Å². The second-order valence-electron chi connectivity index (χ2n) is 7.42. The summed E-state index contributed by atoms with van der Waals surface area (Å²) in [7, 11) is 0. The Bertz CT molecular complexity index is 1260. The molecule has 1 atom stereocenters. The molecule has 4 N–H and O–H groups in total. The predicted octanol–water partition coefficient (Wildman–Crippen LogP) is 4.39. The topological polar surface area (TPSA) is 97.0 Å². The third kappa shape index (κ3) is 5.44. The van der Waals surface area contributed by atoms with E-state index in [0.717, 1.165) is 21.9 Å². The molecule has 33 heavy (non-hydrogen) atoms. The molecule has 1 aromatic carbocycles. The van der Waals surface area contributed by atoms with Crippen LogP contribution >= 0.6 is 11.3 Å². The lowest BCUT2D eigenvalue weighted by molar-refractivity contribution is -0.141. The largest absolute Gasteiger partial charge is 0.433 e. The van der Waals surface area contributed by atoms with Gasteiger partial charge in [-0.3, -0.25) is 4.98 Å². The molecule has 0 saturated carbocycles. The fourth-order valence-electron chi connectivity index (χ4n) is 3.32. The number of benzene rings is 1. The maximum absolute atomic E-state index is 13.5. The van der Waals surface area contributed by atoms with Crippen molar-refractivity contribution in [3.63, 3.8) is 0 Å². The van der Waals surface area contributed by atoms with Crippen LogP contribution in [-0.2, 0) is 19.2 Å². The van der Waals surface area contributed by atoms with Crippen LogP contribution in [0, 0.1) is 5.95 Å². The minimum Gasteiger partial charge on any atom is -0.390 e. The number of nitrogens with one attached hydrogen (secondary N) is 1. The third-order valence-corrected chi connectivity index (χ3v) is 6.03. The van der Waals surface area contributed by atoms with Gasteiger partial charge in [0.05, 0.1) is 17.2 Å². The Morgan fingerprint density at radius 3 is 2.58 bits per heavy atom. The first-order chi connectivity index (χ1) is 15.7. The van der Waals surface area contributed by atoms with Crippen molar-refractivity contribution in [2.24, 2.45) is 5.73 Å². The lowest BCUT2D eigenvalue weighted by Crippen LogP contribution is -2.31. The van der Waals surface area contributed by atoms with Crippen molar-refractivity contribution < 1.29 is 22.7 Å². The second-order valence-corrected chi connectivity index (χ2v) is 8.42. The molecule has 6 nitrogen and oxygen atoms in total. The fraction of sp³-hybridized carbons (Fsp3) is 0.227. The van der Waals surface area contributed by atoms with Gasteiger partial charge < -0.3 is 16.2 Å². The van der Waals surface area contributed by atoms with Crippen molar-refractivity contribution in [2.75, 3.05) is 11.9 Å². The molecular weight excluding hydrogens is 458 g/mol. The molecule has 4 aromatic rings. The quantitative estimate of drug-likeness (QED) is 0.270. The average molecular weight is 477 g/mol. The summed E-state index contributed by atoms with van der Waals surface area (Å²) in [5.41, 5.74) is 7.01. The summed E-state index contributed by atoms with van der Waals surface area (Å²) < 4.78 is 51.4. The lowest BCUT2D eigenvalue weighted by Gasteiger charge is -2.13. The van der Waals surface area contributed by atoms with E-state index >= 15 is 0 Å². The van der Waals surface area contributed by atoms with Gasteiger partial charge in [0, 0.05) is 36.4 Å². The Balaban J connectivity index is 1.44. The average Bonchev–Trinajstić information content (AvgIpc) is 3.20. The molecule has 3 aromatic heterocycles. The molecule has 4 rings (SSSR count). The van der Waals surface area contributed by atoms with Crippen molar-refractivity contribution in [2.45, 2.75) is 25.2 Å². The molecule has 0 aliphatic rings. The van der Waals surface area contributed by atoms with Gasteiger partial charge in [0.2, 0.25) is 5.95 Å². The number of aromatic nitrogens is 3. The van der Waals surface area contributed by atoms with Crippen LogP contribution in [0.5, 0.6) is 0 Å². The van der Waals surface area contributed by atoms with E-state index in [9.17, 15) is 22.7 Å². The molecule has 0 aliphatic heterocycles. The van der Waals surface area contributed by atoms with Crippen molar-refractivity contribution >= 4 is 27.2 Å². The number of thiazole rings is 1. The number of rotatable bonds is 7. The van der Waals surface area contributed by atoms with Crippen molar-refractivity contribution in [1.29, 1.82) is 0 Å². The molecule has 1 unspecified atom stereocenters. The number of pyridine rings is 2. The Kier molecular flexibility index (Phi) is 6.54. The van der Waals surface area contributed by atoms with E-state index in [1.54, 1.807) is 6.07 Å². The molecule has 0 aliphatic carbocycles. The van der Waals surface area contributed by atoms with Crippen LogP contribution in [0.2, 0.25) is 0 Å². The smallest absolute Gasteiger partial charge is 0.390 e. The molecule has 0 radical (unpaired) electrons. The number of aliphatic hydroxyl groups is 1. The van der Waals surface area contributed by atoms with E-state index < -0.39 is 23.9 Å². The first-order valence-electron chi connectivity index (χ1n) is 9.91. The number of alkyl halides is 3. The first kappa shape index (κ1) is 23.0. The summed E-state index contributed by atoms with van der Waals surface area (Å²) in [6.45, 7) is 0.0347. The number of nitrogens with zero attached hydrogens (tertiary/aromatic N) is 3. The highest BCUT2D eigenvalue weighted by Gasteiger charge is 2.32. The SMILES string of the molecule is NC(CNc1nc(CO)c(-c2ccc3cnc(F)cc3c2)s1)Cc1ccc(C(F)(F)F)nc1. The number of fused-ring (bicyclic) bond motifs is 1. The number of aliphatic hydroxyl groups excluding tert-OH is 1. The minimum atomic E-state index is -4.48. The van der Waals surface area contributed by atoms with Gasteiger partial charge in [0.1, 0.15) is 5.69 Å². The summed E-state index contributed by atoms with van der Waals surface area (Å²) >= 11 is 1.32. The van der Waals surface area contributed by atoms with Crippen molar-refractivity contribution in [3.05, 3.63) is 71.7 Å². The maximum Gasteiger partial charge on any atom is 0.433 e. The molecule has 11 heteroatoms. The maximum atomic E-state index is 13.5. The number of hydrogen-bond donors (Lipinski definition) is 3. The van der Waals surface area contributed by atoms with Crippen LogP contribution in [0.4, 0.5) is 22.7 Å². The van der Waals surface area contributed by atoms with Gasteiger partial charge in [-0.1, -0.05) is 29.5 Å². The number of hydrogen-bond acceptors (Lipinski definition) is 7. The first-order valence-corrected chi connectivity index (χ1v) is 10.7. The molecule has 0 fully saturated rings. The molecular formula is C22H19F4N5OS. The van der Waals surface area contributed by atoms with E-state index in [1.807, 2.05) is 12.1 Å². The van der Waals surface area contributed by atoms with E-state index in [2.05, 4.69) is 20.3 Å². The Hall–Kier alpha value is -3.15. The zero-order valence-corrected chi connectivity index (χ0v) is 17.9. The van der Waals surface area contributed by atoms with Gasteiger partial charge in [0.25, 0.3) is 0 Å². The van der Waals surface area contributed by atoms with Crippen molar-refractivity contribution in [3.8, 4) is 10.4 Å². The zero-order valence-electron chi connectivity index (χ0n) is 17.1. The minimum absolute atomic E-state index is 0.278. The highest BCUT2D eigenvalue weighted by Crippen LogP contribution is 2.35. The summed E-state index contributed by atoms with van der Waals surface area (Å²) in [4.78, 5) is 12.2. The van der Waals surface area contributed by atoms with Gasteiger partial charge in [-0.15, -0.1) is 0 Å². The standard InChI is InChI=1S/C22H19F4N5OS/c23-19-7-15-6-13(2-3-14(15)9-29-19)20-17(11-32)31-21(33-20)30-10-16(27)5-12-1-4-18(28-8-12)22(24,25)26/h1-4,6-9,16,32H,5,10-11,27H2,(H,30,31). The Morgan fingerprint density at radius 1 is 1.06 bits per heavy atom. The highest BCUT2D eigenvalue weighted by atomic mass is 32.1. The van der Waals surface area contributed by atoms with Gasteiger partial charge in [-0.2, -0.15) is 17.6 Å². The lowest BCUT2D eigenvalue weighted by atomic mass is 10.1. The van der Waals surface area contributed by atoms with Gasteiger partial charge >= 0.3 is 6.18 Å². The van der Waals surface area contributed by atoms with Gasteiger partial charge in [-0.25, -0.2) is 9.97 Å². The highest BCUT2D eigenvalue weighted by molar-refractivity contribution is 7.19. The summed E-state index contributed by atoms with van der Waals surface area (Å²) in [6, 6.07) is 8.71. The van der Waals surface area contributed by atoms with E-state index in [1.165, 1.54) is 35.9 Å². The van der Waals surface area contributed by atoms with Gasteiger partial charge in [-0.05, 0) is 35.1 Å². The molecule has 0 bridgehead atoms. The zero-order chi connectivity index (χ0) is 23.6. The number of nitrogens with two attached hydrogens (primary N) is 1. The van der Waals surface area contributed by atoms with Crippen LogP contribution in [0.3, 0.4) is 0 Å². The van der Waals surface area contributed by atoms with E-state index in [0.29, 0.717) is 34.7 Å². The second kappa shape index (κ2) is 9.38. The van der Waals surface area contributed by atoms with Crippen LogP contribution in [0.25, 0.3) is 21.2 Å². The van der Waals surface area contributed by atoms with Crippen LogP contribution in [-0.4, -0.2) is 32.6 Å². The number of halogens is 4. The predicted molar refractivity (Wildman–Crippen MR) is 118 cm³/mol. The van der Waals surface area contributed by atoms with E-state index in [-0.39, 0.29) is 6.61 Å². The van der Waals surface area contributed by atoms with E-state index in [4.69, 9.17) is 5.73 Å². The molecule has 3 heterocycles. The normalized spacial score (nSPS) is 12.8. The Morgan fingerprint density at radius 2 is 1.88 bits per heavy atom. The molecule has 0 saturated heterocycles. The molecule has 0 amide bonds. The Labute approximate surface area is 190 Å². The monoisotopic (exact) mass is 477 g/mol. The van der Waals surface area contributed by atoms with Gasteiger partial charge in [0.15, 0.2) is 5.13 Å². The number of anilines is 1. The molecule has 0 spiro atoms. The summed E-state index contributed by atoms with van der Waals surface area (Å²) in [6.07, 6.45) is -1.53. The van der Waals surface area contributed by atoms with Crippen molar-refractivity contribution in [1.82, 2.24) is 15.0 Å². The summed E-state index contributed by atoms with van der Waals surface area (Å²) in [5, 5.41) is 14.9. The van der Waals surface area contributed by atoms with Crippen LogP contribution in [0.15, 0.2) is 48.8 Å². The third-order valence-electron chi connectivity index (χ3n) is 4.93. The molecule has 172 valence electrons. The fourth-order valence-corrected chi connectivity index (χ4v) is 4.30. The van der Waals surface area contributed by atoms with Crippen LogP contribution < -0.4 is 11.1 Å².